The van der Waals surface area contributed by atoms with Crippen molar-refractivity contribution in [2.75, 3.05) is 26.4 Å². The van der Waals surface area contributed by atoms with Gasteiger partial charge in [0.05, 0.1) is 48.7 Å². The number of fused-ring (bicyclic) bond motifs is 2. The normalized spacial score (nSPS) is 23.3. The summed E-state index contributed by atoms with van der Waals surface area (Å²) >= 11 is 1.89. The Morgan fingerprint density at radius 3 is 1.74 bits per heavy atom. The van der Waals surface area contributed by atoms with E-state index in [0.717, 1.165) is 59.0 Å². The molecule has 2 aliphatic heterocycles. The third-order valence-electron chi connectivity index (χ3n) is 13.5. The molecule has 8 rings (SSSR count). The van der Waals surface area contributed by atoms with Crippen molar-refractivity contribution < 1.29 is 64.1 Å². The van der Waals surface area contributed by atoms with Gasteiger partial charge in [-0.2, -0.15) is 8.78 Å². The fourth-order valence-electron chi connectivity index (χ4n) is 8.97. The molecule has 0 spiro atoms. The molecule has 0 aromatic carbocycles. The van der Waals surface area contributed by atoms with E-state index in [4.69, 9.17) is 33.3 Å². The number of ether oxygens (including phenoxy) is 2. The monoisotopic (exact) mass is 1230 g/mol. The molecule has 2 fully saturated rings. The van der Waals surface area contributed by atoms with Gasteiger partial charge in [-0.25, -0.2) is 55.7 Å². The van der Waals surface area contributed by atoms with Crippen molar-refractivity contribution in [1.29, 1.82) is 0 Å². The third-order valence-corrected chi connectivity index (χ3v) is 17.9. The number of nitrogens with zero attached hydrogens (tertiary/aromatic N) is 9. The number of carbonyl (C=O) groups excluding carboxylic acids is 2. The van der Waals surface area contributed by atoms with Gasteiger partial charge in [0, 0.05) is 62.4 Å². The van der Waals surface area contributed by atoms with Crippen molar-refractivity contribution in [3.8, 4) is 0 Å². The number of nitrogens with one attached hydrogen (secondary N) is 1. The number of thioether (sulfide) groups is 2. The number of aromatic nitrogens is 4. The van der Waals surface area contributed by atoms with E-state index in [1.54, 1.807) is 34.6 Å². The van der Waals surface area contributed by atoms with Gasteiger partial charge in [-0.1, -0.05) is 55.3 Å². The molecule has 448 valence electrons. The van der Waals surface area contributed by atoms with Crippen LogP contribution in [0.15, 0.2) is 71.2 Å². The molecular weight excluding hydrogens is 1170 g/mol. The van der Waals surface area contributed by atoms with E-state index in [1.807, 2.05) is 0 Å². The largest absolute Gasteiger partial charge is 0.480 e. The van der Waals surface area contributed by atoms with Gasteiger partial charge in [0.2, 0.25) is 29.2 Å². The molecule has 0 saturated heterocycles. The first-order valence-electron chi connectivity index (χ1n) is 25.7. The molecule has 0 unspecified atom stereocenters. The van der Waals surface area contributed by atoms with Gasteiger partial charge in [0.1, 0.15) is 33.5 Å². The number of nitrogens with two attached hydrogens (primary N) is 2. The summed E-state index contributed by atoms with van der Waals surface area (Å²) in [5, 5.41) is 12.6. The molecule has 6 heterocycles. The van der Waals surface area contributed by atoms with Crippen molar-refractivity contribution in [2.24, 2.45) is 33.3 Å². The van der Waals surface area contributed by atoms with Crippen LogP contribution in [0, 0.1) is 36.9 Å². The van der Waals surface area contributed by atoms with Crippen LogP contribution in [0.25, 0.3) is 33.5 Å². The minimum Gasteiger partial charge on any atom is -0.480 e. The van der Waals surface area contributed by atoms with Gasteiger partial charge in [-0.05, 0) is 101 Å². The lowest BCUT2D eigenvalue weighted by Crippen LogP contribution is -2.47. The maximum absolute atomic E-state index is 15.5. The number of amides is 2. The summed E-state index contributed by atoms with van der Waals surface area (Å²) in [5.74, 6) is -6.14. The van der Waals surface area contributed by atoms with Gasteiger partial charge >= 0.3 is 12.1 Å². The number of carboxylic acid groups (broad SMARTS) is 1. The van der Waals surface area contributed by atoms with Gasteiger partial charge in [-0.15, -0.1) is 0 Å². The highest BCUT2D eigenvalue weighted by Gasteiger charge is 2.73. The van der Waals surface area contributed by atoms with E-state index in [-0.39, 0.29) is 74.9 Å². The number of carbonyl (C=O) groups is 3. The number of alkyl halides is 4. The lowest BCUT2D eigenvalue weighted by Gasteiger charge is -2.37. The summed E-state index contributed by atoms with van der Waals surface area (Å²) < 4.78 is 116. The second-order valence-corrected chi connectivity index (χ2v) is 30.4. The third kappa shape index (κ3) is 15.7. The van der Waals surface area contributed by atoms with Crippen molar-refractivity contribution in [1.82, 2.24) is 30.2 Å². The molecule has 2 saturated carbocycles. The summed E-state index contributed by atoms with van der Waals surface area (Å²) in [6.07, 6.45) is 1.56. The van der Waals surface area contributed by atoms with Crippen LogP contribution in [0.4, 0.5) is 51.3 Å². The molecule has 29 heteroatoms. The molecule has 84 heavy (non-hydrogen) atoms. The molecule has 6 atom stereocenters. The lowest BCUT2D eigenvalue weighted by molar-refractivity contribution is -0.137. The first-order valence-corrected chi connectivity index (χ1v) is 31.0. The van der Waals surface area contributed by atoms with Crippen LogP contribution in [0.2, 0.25) is 25.7 Å². The topological polar surface area (TPSA) is 242 Å². The zero-order valence-electron chi connectivity index (χ0n) is 46.7. The smallest absolute Gasteiger partial charge is 0.418 e. The van der Waals surface area contributed by atoms with E-state index in [9.17, 15) is 45.8 Å². The second-order valence-electron chi connectivity index (χ2n) is 22.2. The van der Waals surface area contributed by atoms with Crippen molar-refractivity contribution >= 4 is 95.1 Å². The number of aliphatic imine (C=N–C) groups is 2. The molecule has 0 radical (unpaired) electrons. The zero-order valence-corrected chi connectivity index (χ0v) is 49.3. The first-order chi connectivity index (χ1) is 39.2. The second kappa shape index (κ2) is 26.3. The predicted octanol–water partition coefficient (Wildman–Crippen LogP) is 11.6. The van der Waals surface area contributed by atoms with E-state index < -0.39 is 114 Å². The number of rotatable bonds is 16. The van der Waals surface area contributed by atoms with Crippen LogP contribution in [-0.4, -0.2) is 121 Å². The highest BCUT2D eigenvalue weighted by atomic mass is 32.2. The van der Waals surface area contributed by atoms with E-state index >= 15 is 8.78 Å². The fraction of sp³-hybridized carbons (Fsp3) is 0.436. The van der Waals surface area contributed by atoms with Crippen molar-refractivity contribution in [2.45, 2.75) is 112 Å². The number of carboxylic acids is 1. The van der Waals surface area contributed by atoms with Gasteiger partial charge in [-0.3, -0.25) is 29.5 Å². The predicted molar refractivity (Wildman–Crippen MR) is 307 cm³/mol. The number of hydrogen-bond donors (Lipinski definition) is 4. The molecule has 0 bridgehead atoms. The highest BCUT2D eigenvalue weighted by molar-refractivity contribution is 8.16. The number of hydrogen-bond acceptors (Lipinski definition) is 15. The molecule has 2 aliphatic carbocycles. The Hall–Kier alpha value is -7.31. The Balaban J connectivity index is 0.000000257. The average molecular weight is 1230 g/mol. The number of aliphatic carboxylic acids is 1. The van der Waals surface area contributed by atoms with Crippen LogP contribution < -0.4 is 16.8 Å². The number of pyridine rings is 4. The fourth-order valence-corrected chi connectivity index (χ4v) is 12.6. The van der Waals surface area contributed by atoms with Crippen molar-refractivity contribution in [3.05, 3.63) is 130 Å². The Labute approximate surface area is 488 Å². The summed E-state index contributed by atoms with van der Waals surface area (Å²) in [6.45, 7) is 27.7. The maximum Gasteiger partial charge on any atom is 0.418 e. The number of amidine groups is 2. The Bertz CT molecular complexity index is 3340. The Kier molecular flexibility index (Phi) is 20.6. The maximum atomic E-state index is 15.5. The Morgan fingerprint density at radius 1 is 0.821 bits per heavy atom. The van der Waals surface area contributed by atoms with Crippen LogP contribution in [-0.2, 0) is 30.1 Å². The quantitative estimate of drug-likeness (QED) is 0.0204. The SMILES string of the molecule is NCC(F)F.[C-]#[N+]c1ccc(/C(F)=C/c2cnc(F)c([C@@]3(C)N=C(N(COCC[Si](C)(C)C)C(=O)OC(C)(C)C)S[C@@]4(C(=O)O)C[C@H]43)c2)nc1.[C-]#[N+]c1ccc(/C(F)=C/c2cnc(F)c([C@@]3(C)N=C(N)S[C@@]4(C(=O)NCC(F)F)C[C@H]43)c2)nc1. The number of halogens is 8. The molecule has 2 amide bonds. The molecule has 18 nitrogen and oxygen atoms in total. The van der Waals surface area contributed by atoms with E-state index in [2.05, 4.69) is 65.3 Å². The van der Waals surface area contributed by atoms with Crippen molar-refractivity contribution in [3.63, 3.8) is 0 Å². The molecule has 4 aliphatic rings. The van der Waals surface area contributed by atoms with Gasteiger partial charge in [0.15, 0.2) is 10.3 Å². The minimum absolute atomic E-state index is 0.00199. The minimum atomic E-state index is -2.71. The highest BCUT2D eigenvalue weighted by Crippen LogP contribution is 2.67. The van der Waals surface area contributed by atoms with Crippen LogP contribution in [0.5, 0.6) is 0 Å². The standard InChI is InChI=1S/C31H37F2N5O5SSi.C22H18F4N6OS.C2H5F2N/c1-29(2,3)43-28(41)38(18-42-11-12-45(6,7)8)27-37-30(4,24-15-31(24,44-27)26(39)40)21-13-19(16-36-25(21)33)14-22(32)23-10-9-20(34-5)17-35-23;1-21(16-7-22(16,34-20(27)32-21)19(33)31-10-17(24)25)13-5-11(8-30-18(13)26)6-14(23)15-4-3-12(28-2)9-29-15;3-2(4)1-5/h9-10,13-14,16-17,24H,11-12,15,18H2,1-4,6-8H3,(H,39,40);3-6,8-9,16-17H,7,10H2,1H3,(H2,27,32)(H,31,33);2H,1,5H2/b22-14-;14-6-;/t24-,30+,31-;16-,21+,22-;/m00./s1. The summed E-state index contributed by atoms with van der Waals surface area (Å²) in [7, 11) is -1.45. The van der Waals surface area contributed by atoms with Gasteiger partial charge in [0.25, 0.3) is 12.9 Å². The van der Waals surface area contributed by atoms with Gasteiger partial charge < -0.3 is 31.4 Å². The summed E-state index contributed by atoms with van der Waals surface area (Å²) in [5.41, 5.74) is 7.54. The van der Waals surface area contributed by atoms with E-state index in [1.165, 1.54) is 48.8 Å². The van der Waals surface area contributed by atoms with E-state index in [0.29, 0.717) is 6.61 Å². The summed E-state index contributed by atoms with van der Waals surface area (Å²) in [4.78, 5) is 70.9. The molecule has 6 N–H and O–H groups in total. The first kappa shape index (κ1) is 65.8. The zero-order chi connectivity index (χ0) is 62.3. The Morgan fingerprint density at radius 2 is 1.31 bits per heavy atom. The molecular formula is C55H60F8N12O6S2Si. The van der Waals surface area contributed by atoms with Crippen LogP contribution in [0.3, 0.4) is 0 Å². The molecule has 4 aromatic heterocycles. The molecule has 4 aromatic rings. The average Bonchev–Trinajstić information content (AvgIpc) is 1.73. The van der Waals surface area contributed by atoms with Crippen LogP contribution in [0.1, 0.15) is 81.1 Å². The lowest BCUT2D eigenvalue weighted by atomic mass is 9.86. The summed E-state index contributed by atoms with van der Waals surface area (Å²) in [6, 6.07) is 9.12. The van der Waals surface area contributed by atoms with Crippen LogP contribution >= 0.6 is 23.5 Å².